The number of rotatable bonds is 7. The summed E-state index contributed by atoms with van der Waals surface area (Å²) in [5.74, 6) is 1.29. The van der Waals surface area contributed by atoms with Crippen LogP contribution in [0.4, 0.5) is 0 Å². The van der Waals surface area contributed by atoms with E-state index < -0.39 is 0 Å². The molecule has 0 unspecified atom stereocenters. The first-order valence-electron chi connectivity index (χ1n) is 6.53. The zero-order valence-electron chi connectivity index (χ0n) is 11.3. The van der Waals surface area contributed by atoms with Gasteiger partial charge in [-0.25, -0.2) is 0 Å². The second-order valence-corrected chi connectivity index (χ2v) is 5.20. The number of quaternary nitrogens is 1. The van der Waals surface area contributed by atoms with E-state index in [4.69, 9.17) is 0 Å². The van der Waals surface area contributed by atoms with Gasteiger partial charge in [0.25, 0.3) is 0 Å². The molecule has 2 heteroatoms. The van der Waals surface area contributed by atoms with E-state index in [9.17, 15) is 0 Å². The molecule has 0 fully saturated rings. The van der Waals surface area contributed by atoms with Crippen molar-refractivity contribution >= 4 is 0 Å². The maximum absolute atomic E-state index is 3.97. The molecule has 0 bridgehead atoms. The van der Waals surface area contributed by atoms with E-state index in [1.165, 1.54) is 5.56 Å². The van der Waals surface area contributed by atoms with E-state index in [2.05, 4.69) is 68.8 Å². The molecule has 0 spiro atoms. The molecule has 0 amide bonds. The molecule has 0 heterocycles. The lowest BCUT2D eigenvalue weighted by Gasteiger charge is -2.24. The summed E-state index contributed by atoms with van der Waals surface area (Å²) in [6.07, 6.45) is 0. The summed E-state index contributed by atoms with van der Waals surface area (Å²) < 4.78 is 0. The average Bonchev–Trinajstić information content (AvgIpc) is 2.31. The van der Waals surface area contributed by atoms with Crippen LogP contribution >= 0.6 is 0 Å². The Morgan fingerprint density at radius 1 is 1.12 bits per heavy atom. The molecule has 0 aliphatic rings. The van der Waals surface area contributed by atoms with E-state index >= 15 is 0 Å². The van der Waals surface area contributed by atoms with Gasteiger partial charge in [0.1, 0.15) is 0 Å². The molecule has 0 saturated carbocycles. The summed E-state index contributed by atoms with van der Waals surface area (Å²) in [4.78, 5) is 0. The highest BCUT2D eigenvalue weighted by atomic mass is 14.9. The Labute approximate surface area is 106 Å². The predicted molar refractivity (Wildman–Crippen MR) is 73.3 cm³/mol. The largest absolute Gasteiger partial charge is 0.472 e. The first-order valence-corrected chi connectivity index (χ1v) is 6.53. The summed E-state index contributed by atoms with van der Waals surface area (Å²) >= 11 is 0. The molecule has 0 radical (unpaired) electrons. The number of benzene rings is 1. The minimum atomic E-state index is 0.441. The second kappa shape index (κ2) is 7.46. The molecule has 1 aromatic rings. The molecule has 17 heavy (non-hydrogen) atoms. The molecule has 0 aliphatic heterocycles. The Balaban J connectivity index is 2.50. The van der Waals surface area contributed by atoms with Crippen molar-refractivity contribution < 1.29 is 5.32 Å². The SMILES string of the molecule is [CH2-][NH2+][C@@H](c1ccccc1)[C@@H](C)CNCC(C)C. The van der Waals surface area contributed by atoms with E-state index in [0.29, 0.717) is 17.9 Å². The molecular weight excluding hydrogens is 208 g/mol. The average molecular weight is 234 g/mol. The van der Waals surface area contributed by atoms with Crippen LogP contribution in [0.5, 0.6) is 0 Å². The van der Waals surface area contributed by atoms with Crippen molar-refractivity contribution in [1.29, 1.82) is 0 Å². The van der Waals surface area contributed by atoms with Gasteiger partial charge < -0.3 is 10.6 Å². The Morgan fingerprint density at radius 3 is 2.29 bits per heavy atom. The van der Waals surface area contributed by atoms with Crippen molar-refractivity contribution in [3.05, 3.63) is 42.9 Å². The predicted octanol–water partition coefficient (Wildman–Crippen LogP) is 1.96. The van der Waals surface area contributed by atoms with E-state index in [1.807, 2.05) is 0 Å². The van der Waals surface area contributed by atoms with Crippen LogP contribution in [0.3, 0.4) is 0 Å². The van der Waals surface area contributed by atoms with Gasteiger partial charge in [-0.15, -0.1) is 0 Å². The van der Waals surface area contributed by atoms with Crippen molar-refractivity contribution in [2.75, 3.05) is 13.1 Å². The first kappa shape index (κ1) is 14.2. The monoisotopic (exact) mass is 234 g/mol. The first-order chi connectivity index (χ1) is 8.15. The highest BCUT2D eigenvalue weighted by molar-refractivity contribution is 5.17. The van der Waals surface area contributed by atoms with Gasteiger partial charge in [-0.1, -0.05) is 51.1 Å². The summed E-state index contributed by atoms with van der Waals surface area (Å²) in [5.41, 5.74) is 1.36. The summed E-state index contributed by atoms with van der Waals surface area (Å²) in [7, 11) is 3.97. The van der Waals surface area contributed by atoms with E-state index in [1.54, 1.807) is 0 Å². The lowest BCUT2D eigenvalue weighted by molar-refractivity contribution is -0.648. The van der Waals surface area contributed by atoms with Gasteiger partial charge >= 0.3 is 0 Å². The van der Waals surface area contributed by atoms with Crippen molar-refractivity contribution in [2.24, 2.45) is 11.8 Å². The van der Waals surface area contributed by atoms with Gasteiger partial charge in [0.05, 0.1) is 6.04 Å². The summed E-state index contributed by atoms with van der Waals surface area (Å²) in [6.45, 7) is 8.89. The van der Waals surface area contributed by atoms with Crippen LogP contribution in [-0.2, 0) is 0 Å². The minimum Gasteiger partial charge on any atom is -0.472 e. The molecule has 0 aliphatic carbocycles. The summed E-state index contributed by atoms with van der Waals surface area (Å²) in [5, 5.41) is 5.59. The van der Waals surface area contributed by atoms with Crippen molar-refractivity contribution in [3.63, 3.8) is 0 Å². The van der Waals surface area contributed by atoms with Gasteiger partial charge in [-0.2, -0.15) is 7.05 Å². The van der Waals surface area contributed by atoms with Crippen molar-refractivity contribution in [2.45, 2.75) is 26.8 Å². The third-order valence-electron chi connectivity index (χ3n) is 3.07. The maximum Gasteiger partial charge on any atom is 0.0914 e. The summed E-state index contributed by atoms with van der Waals surface area (Å²) in [6, 6.07) is 11.1. The molecule has 3 N–H and O–H groups in total. The maximum atomic E-state index is 3.97. The zero-order chi connectivity index (χ0) is 12.7. The van der Waals surface area contributed by atoms with Crippen molar-refractivity contribution in [3.8, 4) is 0 Å². The quantitative estimate of drug-likeness (QED) is 0.694. The number of hydrogen-bond acceptors (Lipinski definition) is 1. The third-order valence-corrected chi connectivity index (χ3v) is 3.07. The number of nitrogens with two attached hydrogens (primary N) is 1. The normalized spacial score (nSPS) is 14.9. The molecular formula is C15H26N2. The Kier molecular flexibility index (Phi) is 6.23. The Bertz CT molecular complexity index is 295. The minimum absolute atomic E-state index is 0.441. The van der Waals surface area contributed by atoms with E-state index in [0.717, 1.165) is 13.1 Å². The van der Waals surface area contributed by atoms with Crippen molar-refractivity contribution in [1.82, 2.24) is 5.32 Å². The Morgan fingerprint density at radius 2 is 1.76 bits per heavy atom. The molecule has 1 rings (SSSR count). The molecule has 96 valence electrons. The number of hydrogen-bond donors (Lipinski definition) is 2. The van der Waals surface area contributed by atoms with Gasteiger partial charge in [-0.3, -0.25) is 0 Å². The molecule has 2 nitrogen and oxygen atoms in total. The van der Waals surface area contributed by atoms with Gasteiger partial charge in [0.15, 0.2) is 0 Å². The van der Waals surface area contributed by atoms with Gasteiger partial charge in [-0.05, 0) is 12.5 Å². The smallest absolute Gasteiger partial charge is 0.0914 e. The fourth-order valence-corrected chi connectivity index (χ4v) is 2.10. The Hall–Kier alpha value is -0.860. The molecule has 1 aromatic carbocycles. The van der Waals surface area contributed by atoms with Gasteiger partial charge in [0.2, 0.25) is 0 Å². The lowest BCUT2D eigenvalue weighted by Crippen LogP contribution is -2.80. The van der Waals surface area contributed by atoms with Crippen LogP contribution in [0.15, 0.2) is 30.3 Å². The van der Waals surface area contributed by atoms with Crippen LogP contribution in [0.2, 0.25) is 0 Å². The lowest BCUT2D eigenvalue weighted by atomic mass is 9.94. The third kappa shape index (κ3) is 4.88. The molecule has 0 aromatic heterocycles. The zero-order valence-corrected chi connectivity index (χ0v) is 11.3. The highest BCUT2D eigenvalue weighted by Crippen LogP contribution is 2.17. The van der Waals surface area contributed by atoms with Crippen LogP contribution < -0.4 is 10.6 Å². The van der Waals surface area contributed by atoms with Crippen LogP contribution in [0.25, 0.3) is 0 Å². The van der Waals surface area contributed by atoms with Crippen LogP contribution in [0.1, 0.15) is 32.4 Å². The van der Waals surface area contributed by atoms with Crippen LogP contribution in [0, 0.1) is 18.9 Å². The van der Waals surface area contributed by atoms with E-state index in [-0.39, 0.29) is 0 Å². The van der Waals surface area contributed by atoms with Crippen LogP contribution in [-0.4, -0.2) is 13.1 Å². The molecule has 0 saturated heterocycles. The topological polar surface area (TPSA) is 28.6 Å². The fourth-order valence-electron chi connectivity index (χ4n) is 2.10. The van der Waals surface area contributed by atoms with Gasteiger partial charge in [0, 0.05) is 18.0 Å². The standard InChI is InChI=1S/C15H26N2/c1-12(2)10-17-11-13(3)15(16-4)14-8-6-5-7-9-14/h5-9,12-13,15,17H,4,10-11,16H2,1-3H3/t13-,15+/m0/s1. The second-order valence-electron chi connectivity index (χ2n) is 5.20. The number of nitrogens with one attached hydrogen (secondary N) is 1. The molecule has 2 atom stereocenters. The fraction of sp³-hybridized carbons (Fsp3) is 0.533. The highest BCUT2D eigenvalue weighted by Gasteiger charge is 2.18.